The molecule has 1 aliphatic rings. The normalized spacial score (nSPS) is 20.5. The Bertz CT molecular complexity index is 402. The summed E-state index contributed by atoms with van der Waals surface area (Å²) in [6.45, 7) is 2.39. The summed E-state index contributed by atoms with van der Waals surface area (Å²) in [6, 6.07) is 1.29. The highest BCUT2D eigenvalue weighted by Crippen LogP contribution is 2.11. The van der Waals surface area contributed by atoms with Gasteiger partial charge in [0.05, 0.1) is 6.54 Å². The Kier molecular flexibility index (Phi) is 3.41. The molecule has 0 bridgehead atoms. The lowest BCUT2D eigenvalue weighted by molar-refractivity contribution is -0.145. The monoisotopic (exact) mass is 237 g/mol. The van der Waals surface area contributed by atoms with E-state index in [1.807, 2.05) is 6.92 Å². The molecule has 0 saturated carbocycles. The van der Waals surface area contributed by atoms with Gasteiger partial charge < -0.3 is 14.7 Å². The van der Waals surface area contributed by atoms with Crippen molar-refractivity contribution in [3.8, 4) is 0 Å². The first kappa shape index (κ1) is 11.6. The highest BCUT2D eigenvalue weighted by atomic mass is 16.5. The summed E-state index contributed by atoms with van der Waals surface area (Å²) >= 11 is 0. The maximum atomic E-state index is 12.0. The van der Waals surface area contributed by atoms with Gasteiger partial charge in [0.15, 0.2) is 0 Å². The summed E-state index contributed by atoms with van der Waals surface area (Å²) in [5, 5.41) is 6.44. The van der Waals surface area contributed by atoms with E-state index in [1.54, 1.807) is 6.07 Å². The predicted molar refractivity (Wildman–Crippen MR) is 58.8 cm³/mol. The van der Waals surface area contributed by atoms with Crippen molar-refractivity contribution in [2.45, 2.75) is 32.4 Å². The molecule has 17 heavy (non-hydrogen) atoms. The largest absolute Gasteiger partial charge is 0.364 e. The molecule has 2 amide bonds. The molecule has 1 unspecified atom stereocenters. The molecular formula is C11H15N3O3. The van der Waals surface area contributed by atoms with Crippen LogP contribution in [0.2, 0.25) is 0 Å². The quantitative estimate of drug-likeness (QED) is 0.817. The molecule has 1 aromatic rings. The predicted octanol–water partition coefficient (Wildman–Crippen LogP) is 0.302. The molecule has 1 aromatic heterocycles. The molecule has 1 fully saturated rings. The van der Waals surface area contributed by atoms with E-state index in [2.05, 4.69) is 10.5 Å². The molecule has 2 rings (SSSR count). The van der Waals surface area contributed by atoms with Gasteiger partial charge in [-0.15, -0.1) is 0 Å². The number of carbonyl (C=O) groups is 2. The van der Waals surface area contributed by atoms with Crippen LogP contribution < -0.4 is 5.32 Å². The van der Waals surface area contributed by atoms with Gasteiger partial charge in [0.25, 0.3) is 0 Å². The number of rotatable bonds is 4. The fourth-order valence-electron chi connectivity index (χ4n) is 1.91. The van der Waals surface area contributed by atoms with E-state index in [-0.39, 0.29) is 18.4 Å². The van der Waals surface area contributed by atoms with Crippen molar-refractivity contribution in [2.24, 2.45) is 0 Å². The van der Waals surface area contributed by atoms with Gasteiger partial charge in [-0.2, -0.15) is 0 Å². The zero-order chi connectivity index (χ0) is 12.3. The highest BCUT2D eigenvalue weighted by molar-refractivity contribution is 5.94. The average Bonchev–Trinajstić information content (AvgIpc) is 2.78. The second-order valence-electron chi connectivity index (χ2n) is 4.09. The second-order valence-corrected chi connectivity index (χ2v) is 4.09. The lowest BCUT2D eigenvalue weighted by atomic mass is 10.1. The lowest BCUT2D eigenvalue weighted by Gasteiger charge is -2.31. The van der Waals surface area contributed by atoms with Gasteiger partial charge in [-0.05, 0) is 6.42 Å². The van der Waals surface area contributed by atoms with Crippen LogP contribution in [0.15, 0.2) is 16.9 Å². The van der Waals surface area contributed by atoms with Crippen LogP contribution in [0, 0.1) is 0 Å². The van der Waals surface area contributed by atoms with E-state index in [4.69, 9.17) is 4.52 Å². The van der Waals surface area contributed by atoms with Crippen LogP contribution >= 0.6 is 0 Å². The third-order valence-electron chi connectivity index (χ3n) is 2.70. The number of nitrogens with zero attached hydrogens (tertiary/aromatic N) is 2. The zero-order valence-electron chi connectivity index (χ0n) is 9.68. The highest BCUT2D eigenvalue weighted by Gasteiger charge is 2.32. The molecule has 6 heteroatoms. The number of hydrogen-bond acceptors (Lipinski definition) is 4. The summed E-state index contributed by atoms with van der Waals surface area (Å²) in [5.74, 6) is -0.166. The van der Waals surface area contributed by atoms with E-state index in [0.29, 0.717) is 18.7 Å². The van der Waals surface area contributed by atoms with Crippen molar-refractivity contribution in [1.82, 2.24) is 15.4 Å². The molecule has 1 saturated heterocycles. The summed E-state index contributed by atoms with van der Waals surface area (Å²) in [6.07, 6.45) is 2.97. The number of piperazine rings is 1. The first-order chi connectivity index (χ1) is 8.20. The average molecular weight is 237 g/mol. The standard InChI is InChI=1S/C11H15N3O3/c1-2-3-9-11(16)14(7-10(15)12-9)6-8-4-5-17-13-8/h4-5,9H,2-3,6-7H2,1H3,(H,12,15). The van der Waals surface area contributed by atoms with E-state index in [0.717, 1.165) is 6.42 Å². The molecule has 1 atom stereocenters. The fourth-order valence-corrected chi connectivity index (χ4v) is 1.91. The van der Waals surface area contributed by atoms with Crippen LogP contribution in [0.5, 0.6) is 0 Å². The molecule has 1 N–H and O–H groups in total. The Balaban J connectivity index is 2.05. The number of amides is 2. The molecule has 1 aliphatic heterocycles. The Morgan fingerprint density at radius 3 is 3.06 bits per heavy atom. The van der Waals surface area contributed by atoms with Crippen LogP contribution in [-0.4, -0.2) is 34.5 Å². The van der Waals surface area contributed by atoms with Gasteiger partial charge in [-0.3, -0.25) is 9.59 Å². The topological polar surface area (TPSA) is 75.4 Å². The van der Waals surface area contributed by atoms with E-state index >= 15 is 0 Å². The smallest absolute Gasteiger partial charge is 0.245 e. The van der Waals surface area contributed by atoms with Gasteiger partial charge in [-0.25, -0.2) is 0 Å². The SMILES string of the molecule is CCCC1NC(=O)CN(Cc2ccon2)C1=O. The molecule has 0 spiro atoms. The minimum Gasteiger partial charge on any atom is -0.364 e. The second kappa shape index (κ2) is 4.99. The minimum atomic E-state index is -0.395. The molecule has 92 valence electrons. The van der Waals surface area contributed by atoms with Crippen molar-refractivity contribution in [3.63, 3.8) is 0 Å². The molecule has 2 heterocycles. The van der Waals surface area contributed by atoms with Crippen LogP contribution in [-0.2, 0) is 16.1 Å². The summed E-state index contributed by atoms with van der Waals surface area (Å²) in [7, 11) is 0. The first-order valence-corrected chi connectivity index (χ1v) is 5.68. The maximum Gasteiger partial charge on any atom is 0.245 e. The number of carbonyl (C=O) groups excluding carboxylic acids is 2. The van der Waals surface area contributed by atoms with Gasteiger partial charge in [0.1, 0.15) is 24.5 Å². The minimum absolute atomic E-state index is 0.0468. The van der Waals surface area contributed by atoms with Crippen molar-refractivity contribution in [3.05, 3.63) is 18.0 Å². The van der Waals surface area contributed by atoms with Crippen molar-refractivity contribution in [1.29, 1.82) is 0 Å². The van der Waals surface area contributed by atoms with E-state index < -0.39 is 6.04 Å². The molecule has 0 radical (unpaired) electrons. The third-order valence-corrected chi connectivity index (χ3v) is 2.70. The maximum absolute atomic E-state index is 12.0. The van der Waals surface area contributed by atoms with Crippen LogP contribution in [0.1, 0.15) is 25.5 Å². The Morgan fingerprint density at radius 1 is 1.59 bits per heavy atom. The van der Waals surface area contributed by atoms with Gasteiger partial charge in [-0.1, -0.05) is 18.5 Å². The van der Waals surface area contributed by atoms with Crippen molar-refractivity contribution < 1.29 is 14.1 Å². The van der Waals surface area contributed by atoms with Crippen molar-refractivity contribution in [2.75, 3.05) is 6.54 Å². The number of nitrogens with one attached hydrogen (secondary N) is 1. The van der Waals surface area contributed by atoms with Gasteiger partial charge >= 0.3 is 0 Å². The molecule has 0 aromatic carbocycles. The van der Waals surface area contributed by atoms with Crippen LogP contribution in [0.25, 0.3) is 0 Å². The fraction of sp³-hybridized carbons (Fsp3) is 0.545. The van der Waals surface area contributed by atoms with Crippen LogP contribution in [0.4, 0.5) is 0 Å². The van der Waals surface area contributed by atoms with Gasteiger partial charge in [0.2, 0.25) is 11.8 Å². The molecule has 6 nitrogen and oxygen atoms in total. The van der Waals surface area contributed by atoms with E-state index in [1.165, 1.54) is 11.2 Å². The zero-order valence-corrected chi connectivity index (χ0v) is 9.68. The Hall–Kier alpha value is -1.85. The Labute approximate surface area is 98.9 Å². The number of aromatic nitrogens is 1. The van der Waals surface area contributed by atoms with Crippen molar-refractivity contribution >= 4 is 11.8 Å². The molecule has 0 aliphatic carbocycles. The summed E-state index contributed by atoms with van der Waals surface area (Å²) < 4.78 is 4.70. The first-order valence-electron chi connectivity index (χ1n) is 5.68. The molecular weight excluding hydrogens is 222 g/mol. The summed E-state index contributed by atoms with van der Waals surface area (Å²) in [5.41, 5.74) is 0.656. The lowest BCUT2D eigenvalue weighted by Crippen LogP contribution is -2.57. The van der Waals surface area contributed by atoms with Gasteiger partial charge in [0, 0.05) is 6.07 Å². The van der Waals surface area contributed by atoms with E-state index in [9.17, 15) is 9.59 Å². The summed E-state index contributed by atoms with van der Waals surface area (Å²) in [4.78, 5) is 25.0. The Morgan fingerprint density at radius 2 is 2.41 bits per heavy atom. The number of hydrogen-bond donors (Lipinski definition) is 1. The third kappa shape index (κ3) is 2.64. The van der Waals surface area contributed by atoms with Crippen LogP contribution in [0.3, 0.4) is 0 Å².